The molecule has 0 saturated heterocycles. The maximum Gasteiger partial charge on any atom is 0.410 e. The van der Waals surface area contributed by atoms with Gasteiger partial charge in [0.2, 0.25) is 5.95 Å². The first-order valence-electron chi connectivity index (χ1n) is 7.11. The highest BCUT2D eigenvalue weighted by molar-refractivity contribution is 6.29. The number of ether oxygens (including phenoxy) is 1. The SMILES string of the molecule is CCN(CCN(C)C(=O)OC(C)(C)C)c1cc(Cl)nc(N)n1. The molecule has 22 heavy (non-hydrogen) atoms. The highest BCUT2D eigenvalue weighted by Crippen LogP contribution is 2.17. The fraction of sp³-hybridized carbons (Fsp3) is 0.643. The molecule has 8 heteroatoms. The Morgan fingerprint density at radius 3 is 2.50 bits per heavy atom. The number of likely N-dealkylation sites (N-methyl/N-ethyl adjacent to an activating group) is 2. The highest BCUT2D eigenvalue weighted by atomic mass is 35.5. The van der Waals surface area contributed by atoms with Gasteiger partial charge in [0.25, 0.3) is 0 Å². The van der Waals surface area contributed by atoms with E-state index in [4.69, 9.17) is 22.1 Å². The molecule has 0 unspecified atom stereocenters. The van der Waals surface area contributed by atoms with Crippen LogP contribution in [-0.4, -0.2) is 53.2 Å². The summed E-state index contributed by atoms with van der Waals surface area (Å²) in [7, 11) is 1.70. The number of rotatable bonds is 5. The van der Waals surface area contributed by atoms with Crippen molar-refractivity contribution < 1.29 is 9.53 Å². The van der Waals surface area contributed by atoms with Gasteiger partial charge in [-0.15, -0.1) is 0 Å². The molecule has 0 aromatic carbocycles. The van der Waals surface area contributed by atoms with Gasteiger partial charge >= 0.3 is 6.09 Å². The van der Waals surface area contributed by atoms with E-state index in [0.717, 1.165) is 0 Å². The fourth-order valence-corrected chi connectivity index (χ4v) is 1.91. The number of aromatic nitrogens is 2. The zero-order chi connectivity index (χ0) is 16.9. The topological polar surface area (TPSA) is 84.6 Å². The van der Waals surface area contributed by atoms with E-state index in [2.05, 4.69) is 9.97 Å². The number of carbonyl (C=O) groups is 1. The van der Waals surface area contributed by atoms with Crippen LogP contribution in [0.3, 0.4) is 0 Å². The lowest BCUT2D eigenvalue weighted by Gasteiger charge is -2.27. The minimum absolute atomic E-state index is 0.126. The van der Waals surface area contributed by atoms with Crippen LogP contribution in [0.15, 0.2) is 6.07 Å². The quantitative estimate of drug-likeness (QED) is 0.835. The summed E-state index contributed by atoms with van der Waals surface area (Å²) in [6.45, 7) is 9.27. The molecule has 1 amide bonds. The summed E-state index contributed by atoms with van der Waals surface area (Å²) in [5.41, 5.74) is 5.10. The van der Waals surface area contributed by atoms with E-state index in [1.54, 1.807) is 13.1 Å². The van der Waals surface area contributed by atoms with Crippen LogP contribution in [0.2, 0.25) is 5.15 Å². The molecule has 0 spiro atoms. The summed E-state index contributed by atoms with van der Waals surface area (Å²) in [6.07, 6.45) is -0.358. The van der Waals surface area contributed by atoms with E-state index in [9.17, 15) is 4.79 Å². The van der Waals surface area contributed by atoms with Gasteiger partial charge in [-0.25, -0.2) is 9.78 Å². The van der Waals surface area contributed by atoms with Crippen molar-refractivity contribution in [3.63, 3.8) is 0 Å². The van der Waals surface area contributed by atoms with Crippen LogP contribution < -0.4 is 10.6 Å². The maximum atomic E-state index is 11.9. The summed E-state index contributed by atoms with van der Waals surface area (Å²) in [5, 5.41) is 0.293. The molecular weight excluding hydrogens is 306 g/mol. The number of halogens is 1. The Morgan fingerprint density at radius 1 is 1.36 bits per heavy atom. The van der Waals surface area contributed by atoms with Gasteiger partial charge in [-0.05, 0) is 27.7 Å². The molecule has 0 fully saturated rings. The molecule has 0 aliphatic rings. The highest BCUT2D eigenvalue weighted by Gasteiger charge is 2.20. The van der Waals surface area contributed by atoms with Gasteiger partial charge in [-0.1, -0.05) is 11.6 Å². The van der Waals surface area contributed by atoms with E-state index in [0.29, 0.717) is 30.6 Å². The van der Waals surface area contributed by atoms with Crippen molar-refractivity contribution in [3.8, 4) is 0 Å². The lowest BCUT2D eigenvalue weighted by atomic mass is 10.2. The van der Waals surface area contributed by atoms with Crippen LogP contribution in [0.5, 0.6) is 0 Å². The molecule has 1 heterocycles. The molecule has 0 bridgehead atoms. The molecule has 0 saturated carbocycles. The van der Waals surface area contributed by atoms with Crippen LogP contribution in [0.4, 0.5) is 16.6 Å². The van der Waals surface area contributed by atoms with Crippen LogP contribution in [-0.2, 0) is 4.74 Å². The number of hydrogen-bond acceptors (Lipinski definition) is 6. The molecule has 1 aromatic heterocycles. The van der Waals surface area contributed by atoms with Crippen molar-refractivity contribution in [1.29, 1.82) is 0 Å². The molecule has 1 rings (SSSR count). The summed E-state index contributed by atoms with van der Waals surface area (Å²) >= 11 is 5.89. The molecule has 7 nitrogen and oxygen atoms in total. The van der Waals surface area contributed by atoms with E-state index in [-0.39, 0.29) is 12.0 Å². The molecule has 124 valence electrons. The normalized spacial score (nSPS) is 11.2. The summed E-state index contributed by atoms with van der Waals surface area (Å²) < 4.78 is 5.31. The van der Waals surface area contributed by atoms with Crippen molar-refractivity contribution in [3.05, 3.63) is 11.2 Å². The third kappa shape index (κ3) is 5.93. The van der Waals surface area contributed by atoms with Crippen molar-refractivity contribution in [1.82, 2.24) is 14.9 Å². The van der Waals surface area contributed by atoms with Crippen LogP contribution in [0, 0.1) is 0 Å². The Bertz CT molecular complexity index is 498. The molecule has 1 aromatic rings. The molecule has 2 N–H and O–H groups in total. The molecule has 0 aliphatic carbocycles. The molecule has 0 radical (unpaired) electrons. The summed E-state index contributed by atoms with van der Waals surface area (Å²) in [5.74, 6) is 0.763. The van der Waals surface area contributed by atoms with E-state index in [1.807, 2.05) is 32.6 Å². The van der Waals surface area contributed by atoms with Gasteiger partial charge in [0.15, 0.2) is 0 Å². The van der Waals surface area contributed by atoms with Gasteiger partial charge in [-0.3, -0.25) is 0 Å². The number of nitrogens with zero attached hydrogens (tertiary/aromatic N) is 4. The first kappa shape index (κ1) is 18.3. The Labute approximate surface area is 136 Å². The molecule has 0 aliphatic heterocycles. The zero-order valence-corrected chi connectivity index (χ0v) is 14.5. The second-order valence-electron chi connectivity index (χ2n) is 5.89. The molecular formula is C14H24ClN5O2. The zero-order valence-electron chi connectivity index (χ0n) is 13.8. The van der Waals surface area contributed by atoms with E-state index < -0.39 is 5.60 Å². The Morgan fingerprint density at radius 2 is 2.00 bits per heavy atom. The second kappa shape index (κ2) is 7.49. The standard InChI is InChI=1S/C14H24ClN5O2/c1-6-20(11-9-10(15)17-12(16)18-11)8-7-19(5)13(21)22-14(2,3)4/h9H,6-8H2,1-5H3,(H2,16,17,18). The number of nitrogens with two attached hydrogens (primary N) is 1. The molecule has 0 atom stereocenters. The average molecular weight is 330 g/mol. The minimum Gasteiger partial charge on any atom is -0.444 e. The van der Waals surface area contributed by atoms with Crippen LogP contribution in [0.1, 0.15) is 27.7 Å². The van der Waals surface area contributed by atoms with Gasteiger partial charge < -0.3 is 20.3 Å². The first-order chi connectivity index (χ1) is 10.1. The Balaban J connectivity index is 2.65. The summed E-state index contributed by atoms with van der Waals surface area (Å²) in [6, 6.07) is 1.65. The number of anilines is 2. The lowest BCUT2D eigenvalue weighted by molar-refractivity contribution is 0.0303. The number of amides is 1. The maximum absolute atomic E-state index is 11.9. The average Bonchev–Trinajstić information content (AvgIpc) is 2.36. The van der Waals surface area contributed by atoms with Gasteiger partial charge in [0.1, 0.15) is 16.6 Å². The van der Waals surface area contributed by atoms with Crippen molar-refractivity contribution in [2.24, 2.45) is 0 Å². The van der Waals surface area contributed by atoms with Crippen molar-refractivity contribution in [2.45, 2.75) is 33.3 Å². The minimum atomic E-state index is -0.510. The lowest BCUT2D eigenvalue weighted by Crippen LogP contribution is -2.39. The largest absolute Gasteiger partial charge is 0.444 e. The fourth-order valence-electron chi connectivity index (χ4n) is 1.72. The second-order valence-corrected chi connectivity index (χ2v) is 6.28. The van der Waals surface area contributed by atoms with Crippen LogP contribution in [0.25, 0.3) is 0 Å². The number of carbonyl (C=O) groups excluding carboxylic acids is 1. The Hall–Kier alpha value is -1.76. The van der Waals surface area contributed by atoms with Crippen molar-refractivity contribution in [2.75, 3.05) is 37.3 Å². The number of nitrogen functional groups attached to an aromatic ring is 1. The monoisotopic (exact) mass is 329 g/mol. The predicted molar refractivity (Wildman–Crippen MR) is 88.2 cm³/mol. The number of hydrogen-bond donors (Lipinski definition) is 1. The van der Waals surface area contributed by atoms with Gasteiger partial charge in [0.05, 0.1) is 0 Å². The third-order valence-electron chi connectivity index (χ3n) is 2.81. The Kier molecular flexibility index (Phi) is 6.22. The predicted octanol–water partition coefficient (Wildman–Crippen LogP) is 2.41. The van der Waals surface area contributed by atoms with Gasteiger partial charge in [-0.2, -0.15) is 4.98 Å². The van der Waals surface area contributed by atoms with Gasteiger partial charge in [0, 0.05) is 32.7 Å². The first-order valence-corrected chi connectivity index (χ1v) is 7.49. The van der Waals surface area contributed by atoms with E-state index >= 15 is 0 Å². The third-order valence-corrected chi connectivity index (χ3v) is 3.01. The van der Waals surface area contributed by atoms with Crippen LogP contribution >= 0.6 is 11.6 Å². The summed E-state index contributed by atoms with van der Waals surface area (Å²) in [4.78, 5) is 23.4. The van der Waals surface area contributed by atoms with Crippen molar-refractivity contribution >= 4 is 29.5 Å². The van der Waals surface area contributed by atoms with E-state index in [1.165, 1.54) is 4.90 Å². The smallest absolute Gasteiger partial charge is 0.410 e.